The van der Waals surface area contributed by atoms with E-state index in [1.807, 2.05) is 57.2 Å². The predicted molar refractivity (Wildman–Crippen MR) is 155 cm³/mol. The van der Waals surface area contributed by atoms with Gasteiger partial charge in [0.25, 0.3) is 5.91 Å². The van der Waals surface area contributed by atoms with Crippen LogP contribution in [0.1, 0.15) is 52.7 Å². The first-order valence-electron chi connectivity index (χ1n) is 13.1. The number of nitrogens with one attached hydrogen (secondary N) is 3. The fourth-order valence-electron chi connectivity index (χ4n) is 5.34. The summed E-state index contributed by atoms with van der Waals surface area (Å²) in [5, 5.41) is 18.3. The van der Waals surface area contributed by atoms with Crippen LogP contribution in [0.4, 0.5) is 16.2 Å². The van der Waals surface area contributed by atoms with Crippen molar-refractivity contribution in [1.82, 2.24) is 5.32 Å². The summed E-state index contributed by atoms with van der Waals surface area (Å²) in [6.07, 6.45) is 3.42. The Balaban J connectivity index is 0.00000294. The molecule has 3 aromatic rings. The van der Waals surface area contributed by atoms with E-state index in [1.165, 1.54) is 0 Å². The van der Waals surface area contributed by atoms with Gasteiger partial charge in [-0.3, -0.25) is 4.79 Å². The molecule has 1 fully saturated rings. The molecule has 3 amide bonds. The zero-order chi connectivity index (χ0) is 28.1. The minimum absolute atomic E-state index is 0. The predicted octanol–water partition coefficient (Wildman–Crippen LogP) is 3.13. The van der Waals surface area contributed by atoms with Crippen LogP contribution < -0.4 is 39.5 Å². The van der Waals surface area contributed by atoms with Gasteiger partial charge in [-0.15, -0.1) is 0 Å². The molecular weight excluding hydrogens is 517 g/mol. The fraction of sp³-hybridized carbons (Fsp3) is 0.323. The van der Waals surface area contributed by atoms with Crippen molar-refractivity contribution in [3.8, 4) is 16.9 Å². The molecule has 0 saturated heterocycles. The van der Waals surface area contributed by atoms with Crippen molar-refractivity contribution in [3.05, 3.63) is 76.9 Å². The number of aliphatic carboxylic acids is 1. The molecule has 10 heteroatoms. The van der Waals surface area contributed by atoms with Gasteiger partial charge < -0.3 is 31.3 Å². The molecule has 0 spiro atoms. The van der Waals surface area contributed by atoms with Crippen LogP contribution in [0.3, 0.4) is 0 Å². The zero-order valence-corrected chi connectivity index (χ0v) is 24.2. The number of carbonyl (C=O) groups excluding carboxylic acids is 2. The van der Waals surface area contributed by atoms with E-state index in [0.717, 1.165) is 53.5 Å². The van der Waals surface area contributed by atoms with Gasteiger partial charge >= 0.3 is 30.9 Å². The summed E-state index contributed by atoms with van der Waals surface area (Å²) >= 11 is 0. The van der Waals surface area contributed by atoms with E-state index in [4.69, 9.17) is 4.74 Å². The average Bonchev–Trinajstić information content (AvgIpc) is 3.43. The molecule has 0 bridgehead atoms. The Kier molecular flexibility index (Phi) is 12.0. The van der Waals surface area contributed by atoms with Gasteiger partial charge in [0.1, 0.15) is 11.8 Å². The van der Waals surface area contributed by atoms with Crippen LogP contribution >= 0.6 is 0 Å². The summed E-state index contributed by atoms with van der Waals surface area (Å²) in [6.45, 7) is 5.84. The number of methoxy groups -OCH3 is 1. The molecular formula is C31H36LiN3O6. The van der Waals surface area contributed by atoms with Crippen LogP contribution in [-0.2, 0) is 4.79 Å². The topological polar surface area (TPSA) is 147 Å². The third kappa shape index (κ3) is 8.14. The summed E-state index contributed by atoms with van der Waals surface area (Å²) in [7, 11) is 1.59. The maximum atomic E-state index is 13.4. The number of carbonyl (C=O) groups is 3. The van der Waals surface area contributed by atoms with Gasteiger partial charge in [0.15, 0.2) is 0 Å². The first kappa shape index (κ1) is 33.4. The number of hydrogen-bond acceptors (Lipinski definition) is 5. The molecule has 0 aromatic heterocycles. The molecule has 9 nitrogen and oxygen atoms in total. The zero-order valence-electron chi connectivity index (χ0n) is 24.2. The van der Waals surface area contributed by atoms with Gasteiger partial charge in [0.05, 0.1) is 18.4 Å². The van der Waals surface area contributed by atoms with E-state index in [2.05, 4.69) is 16.0 Å². The summed E-state index contributed by atoms with van der Waals surface area (Å²) in [6, 6.07) is 15.0. The van der Waals surface area contributed by atoms with E-state index in [0.29, 0.717) is 11.4 Å². The Morgan fingerprint density at radius 1 is 0.878 bits per heavy atom. The van der Waals surface area contributed by atoms with Gasteiger partial charge in [-0.1, -0.05) is 48.7 Å². The van der Waals surface area contributed by atoms with E-state index in [9.17, 15) is 19.5 Å². The summed E-state index contributed by atoms with van der Waals surface area (Å²) in [5.74, 6) is -1.00. The first-order valence-corrected chi connectivity index (χ1v) is 13.1. The van der Waals surface area contributed by atoms with Crippen molar-refractivity contribution < 1.29 is 48.6 Å². The SMILES string of the molecule is COc1ccc(-c2ccc(C(=O)N[C@H](C(=O)O)C3CCCC3)c(NC(=O)Nc3c(C)cc(C)cc3C)c2)cc1.[Li+].[OH-]. The van der Waals surface area contributed by atoms with Gasteiger partial charge in [-0.25, -0.2) is 9.59 Å². The Hall–Kier alpha value is -3.77. The second kappa shape index (κ2) is 14.7. The molecule has 212 valence electrons. The van der Waals surface area contributed by atoms with E-state index in [1.54, 1.807) is 25.3 Å². The molecule has 0 radical (unpaired) electrons. The molecule has 1 saturated carbocycles. The van der Waals surface area contributed by atoms with Crippen molar-refractivity contribution in [3.63, 3.8) is 0 Å². The normalized spacial score (nSPS) is 13.3. The smallest absolute Gasteiger partial charge is 0.870 e. The Labute approximate surface area is 252 Å². The van der Waals surface area contributed by atoms with Crippen molar-refractivity contribution >= 4 is 29.3 Å². The largest absolute Gasteiger partial charge is 1.00 e. The van der Waals surface area contributed by atoms with Crippen LogP contribution in [0, 0.1) is 26.7 Å². The van der Waals surface area contributed by atoms with E-state index < -0.39 is 23.9 Å². The molecule has 1 atom stereocenters. The monoisotopic (exact) mass is 553 g/mol. The molecule has 5 N–H and O–H groups in total. The second-order valence-corrected chi connectivity index (χ2v) is 10.2. The van der Waals surface area contributed by atoms with Crippen molar-refractivity contribution in [2.24, 2.45) is 5.92 Å². The number of urea groups is 1. The average molecular weight is 554 g/mol. The van der Waals surface area contributed by atoms with Crippen LogP contribution in [0.25, 0.3) is 11.1 Å². The summed E-state index contributed by atoms with van der Waals surface area (Å²) < 4.78 is 5.25. The van der Waals surface area contributed by atoms with Crippen LogP contribution in [0.15, 0.2) is 54.6 Å². The van der Waals surface area contributed by atoms with Crippen LogP contribution in [-0.4, -0.2) is 41.6 Å². The maximum absolute atomic E-state index is 13.4. The van der Waals surface area contributed by atoms with Gasteiger partial charge in [0, 0.05) is 5.69 Å². The molecule has 3 aromatic carbocycles. The molecule has 0 heterocycles. The van der Waals surface area contributed by atoms with Gasteiger partial charge in [-0.05, 0) is 86.1 Å². The molecule has 41 heavy (non-hydrogen) atoms. The summed E-state index contributed by atoms with van der Waals surface area (Å²) in [4.78, 5) is 38.5. The van der Waals surface area contributed by atoms with Crippen LogP contribution in [0.5, 0.6) is 5.75 Å². The number of carboxylic acid groups (broad SMARTS) is 1. The van der Waals surface area contributed by atoms with Crippen molar-refractivity contribution in [2.45, 2.75) is 52.5 Å². The maximum Gasteiger partial charge on any atom is 1.00 e. The van der Waals surface area contributed by atoms with Crippen LogP contribution in [0.2, 0.25) is 0 Å². The number of amides is 3. The summed E-state index contributed by atoms with van der Waals surface area (Å²) in [5.41, 5.74) is 5.74. The molecule has 1 aliphatic carbocycles. The minimum atomic E-state index is -1.05. The molecule has 0 aliphatic heterocycles. The third-order valence-corrected chi connectivity index (χ3v) is 7.28. The molecule has 0 unspecified atom stereocenters. The number of benzene rings is 3. The Bertz CT molecular complexity index is 1360. The standard InChI is InChI=1S/C31H35N3O5.Li.H2O/c1-18-15-19(2)27(20(3)16-18)34-31(38)32-26-17-23(21-9-12-24(39-4)13-10-21)11-14-25(26)29(35)33-28(30(36)37)22-7-5-6-8-22;;/h9-17,22,28H,5-8H2,1-4H3,(H,33,35)(H,36,37)(H2,32,34,38);;1H2/q;+1;/p-1/t28-;;/m0../s1. The second-order valence-electron chi connectivity index (χ2n) is 10.2. The Morgan fingerprint density at radius 2 is 1.46 bits per heavy atom. The molecule has 4 rings (SSSR count). The van der Waals surface area contributed by atoms with Gasteiger partial charge in [-0.2, -0.15) is 0 Å². The third-order valence-electron chi connectivity index (χ3n) is 7.28. The number of carboxylic acids is 1. The Morgan fingerprint density at radius 3 is 2.02 bits per heavy atom. The van der Waals surface area contributed by atoms with Crippen molar-refractivity contribution in [1.29, 1.82) is 0 Å². The quantitative estimate of drug-likeness (QED) is 0.315. The van der Waals surface area contributed by atoms with E-state index in [-0.39, 0.29) is 41.5 Å². The first-order chi connectivity index (χ1) is 18.7. The van der Waals surface area contributed by atoms with Gasteiger partial charge in [0.2, 0.25) is 0 Å². The number of ether oxygens (including phenoxy) is 1. The van der Waals surface area contributed by atoms with Crippen molar-refractivity contribution in [2.75, 3.05) is 17.7 Å². The van der Waals surface area contributed by atoms with E-state index >= 15 is 0 Å². The number of anilines is 2. The number of rotatable bonds is 8. The fourth-order valence-corrected chi connectivity index (χ4v) is 5.34. The number of hydrogen-bond donors (Lipinski definition) is 4. The number of aryl methyl sites for hydroxylation is 3. The molecule has 1 aliphatic rings. The minimum Gasteiger partial charge on any atom is -0.870 e.